The molecule has 0 aromatic heterocycles. The third kappa shape index (κ3) is 13.6. The summed E-state index contributed by atoms with van der Waals surface area (Å²) in [6.45, 7) is 4.27. The van der Waals surface area contributed by atoms with E-state index in [2.05, 4.69) is 399 Å². The molecule has 0 aliphatic rings. The van der Waals surface area contributed by atoms with Crippen molar-refractivity contribution in [2.45, 2.75) is 13.8 Å². The van der Waals surface area contributed by atoms with E-state index in [9.17, 15) is 0 Å². The normalized spacial score (nSPS) is 11.1. The molecule has 0 saturated heterocycles. The number of hydrogen-bond acceptors (Lipinski definition) is 5. The van der Waals surface area contributed by atoms with Crippen LogP contribution in [-0.2, 0) is 0 Å². The summed E-state index contributed by atoms with van der Waals surface area (Å²) in [7, 11) is 2.06. The smallest absolute Gasteiger partial charge is 0.192 e. The summed E-state index contributed by atoms with van der Waals surface area (Å²) in [6, 6.07) is 125. The van der Waals surface area contributed by atoms with Crippen LogP contribution in [0.5, 0.6) is 0 Å². The number of fused-ring (bicyclic) bond motifs is 2. The number of aryl methyl sites for hydroxylation is 2. The Hall–Kier alpha value is -10.7. The Bertz CT molecular complexity index is 4320. The summed E-state index contributed by atoms with van der Waals surface area (Å²) in [4.78, 5) is 9.30. The first-order valence-electron chi connectivity index (χ1n) is 31.1. The Labute approximate surface area is 533 Å². The second-order valence-corrected chi connectivity index (χ2v) is 21.5. The fraction of sp³-hybridized carbons (Fsp3) is 0.0244. The molecular formula is C82H69N5P2. The SMILES string of the molecule is Cc1cccc(N(c2ccccc2)c2ccc(-c3ccc(N(c4ccccc4)c4cccc(C)c4)cc3)cc2)c1.[2H]N=P.[2H]P[3H].c1ccc(N(c2ccc(-c3ccc(N(c4ccccc4)c4cccc5ccccc45)cc3)cc2)c2cccc3ccccc23)cc1. The first-order valence-corrected chi connectivity index (χ1v) is 30.1. The molecule has 14 rings (SSSR count). The molecule has 1 N–H and O–H groups in total. The summed E-state index contributed by atoms with van der Waals surface area (Å²) >= 11 is 0. The zero-order valence-corrected chi connectivity index (χ0v) is 51.7. The zero-order valence-electron chi connectivity index (χ0n) is 52.7. The van der Waals surface area contributed by atoms with Gasteiger partial charge in [0.1, 0.15) is 0 Å². The lowest BCUT2D eigenvalue weighted by atomic mass is 10.0. The lowest BCUT2D eigenvalue weighted by Crippen LogP contribution is -2.10. The molecule has 1 atom stereocenters. The molecule has 7 heteroatoms. The van der Waals surface area contributed by atoms with E-state index >= 15 is 0 Å². The number of hydrogen-bond donors (Lipinski definition) is 1. The largest absolute Gasteiger partial charge is 0.310 e. The van der Waals surface area contributed by atoms with Crippen molar-refractivity contribution in [1.82, 2.24) is 0 Å². The van der Waals surface area contributed by atoms with E-state index in [1.807, 2.05) is 0 Å². The van der Waals surface area contributed by atoms with Crippen molar-refractivity contribution >= 4 is 109 Å². The van der Waals surface area contributed by atoms with Crippen LogP contribution in [0.2, 0.25) is 1.41 Å². The van der Waals surface area contributed by atoms with Crippen LogP contribution in [0.1, 0.15) is 11.1 Å². The fourth-order valence-corrected chi connectivity index (χ4v) is 11.6. The van der Waals surface area contributed by atoms with Gasteiger partial charge in [-0.1, -0.05) is 218 Å². The minimum atomic E-state index is -0.417. The van der Waals surface area contributed by atoms with Crippen molar-refractivity contribution in [3.8, 4) is 22.3 Å². The van der Waals surface area contributed by atoms with Gasteiger partial charge in [0.05, 0.1) is 13.9 Å². The summed E-state index contributed by atoms with van der Waals surface area (Å²) in [5, 5.41) is 7.46. The maximum absolute atomic E-state index is 5.90. The van der Waals surface area contributed by atoms with Crippen molar-refractivity contribution in [3.63, 3.8) is 0 Å². The van der Waals surface area contributed by atoms with Gasteiger partial charge < -0.3 is 19.6 Å². The molecular weight excluding hydrogens is 1120 g/mol. The minimum Gasteiger partial charge on any atom is -0.310 e. The molecule has 89 heavy (non-hydrogen) atoms. The Morgan fingerprint density at radius 2 is 0.517 bits per heavy atom. The van der Waals surface area contributed by atoms with Gasteiger partial charge in [-0.3, -0.25) is 5.15 Å². The van der Waals surface area contributed by atoms with Crippen molar-refractivity contribution in [2.24, 2.45) is 0 Å². The summed E-state index contributed by atoms with van der Waals surface area (Å²) < 4.78 is 17.6. The van der Waals surface area contributed by atoms with Crippen LogP contribution in [-0.4, -0.2) is 2.56 Å². The van der Waals surface area contributed by atoms with E-state index in [0.29, 0.717) is 0 Å². The lowest BCUT2D eigenvalue weighted by Gasteiger charge is -2.27. The van der Waals surface area contributed by atoms with Gasteiger partial charge in [0.15, 0.2) is 1.41 Å². The number of rotatable bonds is 14. The molecule has 0 amide bonds. The van der Waals surface area contributed by atoms with Gasteiger partial charge in [0.2, 0.25) is 0 Å². The van der Waals surface area contributed by atoms with Gasteiger partial charge in [0.25, 0.3) is 0 Å². The monoisotopic (exact) mass is 1190 g/mol. The van der Waals surface area contributed by atoms with Crippen LogP contribution in [0.3, 0.4) is 0 Å². The van der Waals surface area contributed by atoms with Gasteiger partial charge >= 0.3 is 0 Å². The molecule has 0 spiro atoms. The third-order valence-corrected chi connectivity index (χ3v) is 15.8. The molecule has 432 valence electrons. The van der Waals surface area contributed by atoms with Gasteiger partial charge in [-0.05, 0) is 200 Å². The van der Waals surface area contributed by atoms with E-state index in [0.717, 1.165) is 68.2 Å². The highest BCUT2D eigenvalue weighted by Gasteiger charge is 2.19. The van der Waals surface area contributed by atoms with E-state index in [1.54, 1.807) is 0 Å². The topological polar surface area (TPSA) is 36.8 Å². The maximum Gasteiger partial charge on any atom is 0.192 e. The second-order valence-electron chi connectivity index (χ2n) is 21.5. The molecule has 0 heterocycles. The molecule has 5 nitrogen and oxygen atoms in total. The van der Waals surface area contributed by atoms with Crippen LogP contribution >= 0.6 is 18.8 Å². The van der Waals surface area contributed by atoms with Gasteiger partial charge in [-0.15, -0.1) is 0 Å². The predicted molar refractivity (Wildman–Crippen MR) is 389 cm³/mol. The highest BCUT2D eigenvalue weighted by atomic mass is 31.0. The maximum atomic E-state index is 5.90. The van der Waals surface area contributed by atoms with Crippen LogP contribution in [0.25, 0.3) is 43.8 Å². The fourth-order valence-electron chi connectivity index (χ4n) is 11.6. The summed E-state index contributed by atoms with van der Waals surface area (Å²) in [5.74, 6) is 0. The average molecular weight is 1190 g/mol. The van der Waals surface area contributed by atoms with Crippen LogP contribution in [0.4, 0.5) is 68.2 Å². The lowest BCUT2D eigenvalue weighted by molar-refractivity contribution is 1.27. The number of anilines is 12. The molecule has 14 aromatic carbocycles. The number of para-hydroxylation sites is 4. The molecule has 0 radical (unpaired) electrons. The van der Waals surface area contributed by atoms with Crippen LogP contribution in [0, 0.1) is 19.0 Å². The van der Waals surface area contributed by atoms with Crippen LogP contribution in [0.15, 0.2) is 352 Å². The quantitative estimate of drug-likeness (QED) is 0.110. The molecule has 0 saturated carbocycles. The molecule has 0 fully saturated rings. The Balaban J connectivity index is 0.000000175. The summed E-state index contributed by atoms with van der Waals surface area (Å²) in [6.07, 6.45) is 0. The molecule has 0 bridgehead atoms. The van der Waals surface area contributed by atoms with Crippen molar-refractivity contribution in [1.29, 1.82) is 7.71 Å². The molecule has 0 aliphatic heterocycles. The molecule has 14 aromatic rings. The van der Waals surface area contributed by atoms with Gasteiger partial charge in [-0.2, -0.15) is 9.79 Å². The third-order valence-electron chi connectivity index (χ3n) is 15.8. The van der Waals surface area contributed by atoms with Gasteiger partial charge in [-0.25, -0.2) is 0 Å². The first kappa shape index (κ1) is 56.2. The van der Waals surface area contributed by atoms with E-state index < -0.39 is 9.79 Å². The highest BCUT2D eigenvalue weighted by Crippen LogP contribution is 2.43. The minimum absolute atomic E-state index is 0.417. The van der Waals surface area contributed by atoms with E-state index in [1.165, 1.54) is 54.9 Å². The van der Waals surface area contributed by atoms with Crippen molar-refractivity contribution in [2.75, 3.05) is 19.6 Å². The Morgan fingerprint density at radius 1 is 0.292 bits per heavy atom. The Kier molecular flexibility index (Phi) is 18.1. The van der Waals surface area contributed by atoms with E-state index in [4.69, 9.17) is 3.97 Å². The second kappa shape index (κ2) is 28.7. The van der Waals surface area contributed by atoms with Crippen LogP contribution < -0.4 is 19.6 Å². The zero-order chi connectivity index (χ0) is 63.4. The average Bonchev–Trinajstić information content (AvgIpc) is 0.935. The summed E-state index contributed by atoms with van der Waals surface area (Å²) in [5.41, 5.74) is 20.9. The van der Waals surface area contributed by atoms with Crippen molar-refractivity contribution in [3.05, 3.63) is 363 Å². The molecule has 1 unspecified atom stereocenters. The first-order chi connectivity index (χ1) is 45.3. The molecule has 0 aliphatic carbocycles. The highest BCUT2D eigenvalue weighted by molar-refractivity contribution is 7.02. The van der Waals surface area contributed by atoms with Crippen molar-refractivity contribution < 1.29 is 1.41 Å². The standard InChI is InChI=1S/C44H32N2.C38H32N2.H2NP.H3P/c1-3-17-37(18-4-1)45(43-23-11-15-35-13-7-9-21-41(35)43)39-29-25-33(26-30-39)34-27-31-40(32-28-34)46(38-19-5-2-6-20-38)44-24-12-16-36-14-8-10-22-42(36)44;1-29-11-9-17-37(27-29)39(33-13-5-3-6-14-33)35-23-19-31(20-24-35)32-21-25-36(26-22-32)40(34-15-7-4-8-16-34)38-18-10-12-30(2)28-38;1-2;/h1-32H;3-28H,1-2H3;1-2H;1H3/i;;;1TD/hD. The number of benzene rings is 14. The predicted octanol–water partition coefficient (Wildman–Crippen LogP) is 24.5. The number of nitrogens with zero attached hydrogens (tertiary/aromatic N) is 4. The Morgan fingerprint density at radius 3 is 0.820 bits per heavy atom. The van der Waals surface area contributed by atoms with E-state index in [-0.39, 0.29) is 0 Å². The van der Waals surface area contributed by atoms with Gasteiger partial charge in [0, 0.05) is 67.6 Å². The number of nitrogens with one attached hydrogen (secondary N) is 1.